The van der Waals surface area contributed by atoms with Gasteiger partial charge in [-0.05, 0) is 67.9 Å². The first kappa shape index (κ1) is 39.8. The Morgan fingerprint density at radius 1 is 0.706 bits per heavy atom. The van der Waals surface area contributed by atoms with Crippen LogP contribution in [0.3, 0.4) is 0 Å². The molecule has 0 spiro atoms. The second-order valence-corrected chi connectivity index (χ2v) is 11.6. The second-order valence-electron chi connectivity index (χ2n) is 11.6. The van der Waals surface area contributed by atoms with Crippen molar-refractivity contribution >= 4 is 35.6 Å². The van der Waals surface area contributed by atoms with Crippen molar-refractivity contribution in [3.8, 4) is 5.75 Å². The molecule has 0 saturated carbocycles. The van der Waals surface area contributed by atoms with E-state index in [-0.39, 0.29) is 30.4 Å². The molecule has 0 saturated heterocycles. The summed E-state index contributed by atoms with van der Waals surface area (Å²) < 4.78 is 15.7. The highest BCUT2D eigenvalue weighted by molar-refractivity contribution is 6.02. The first-order valence-corrected chi connectivity index (χ1v) is 16.9. The van der Waals surface area contributed by atoms with Gasteiger partial charge in [0.25, 0.3) is 5.91 Å². The maximum absolute atomic E-state index is 13.3. The number of methoxy groups -OCH3 is 1. The normalized spacial score (nSPS) is 11.7. The molecule has 14 heteroatoms. The van der Waals surface area contributed by atoms with Crippen LogP contribution in [-0.2, 0) is 32.3 Å². The number of alkyl carbamates (subject to hydrolysis) is 2. The molecule has 0 heterocycles. The van der Waals surface area contributed by atoms with Crippen LogP contribution in [0.15, 0.2) is 78.9 Å². The highest BCUT2D eigenvalue weighted by atomic mass is 16.6. The number of nitrogens with one attached hydrogen (secondary N) is 5. The van der Waals surface area contributed by atoms with Crippen molar-refractivity contribution in [3.05, 3.63) is 95.6 Å². The molecule has 0 bridgehead atoms. The number of carbonyl (C=O) groups excluding carboxylic acids is 5. The number of ether oxygens (including phenoxy) is 3. The lowest BCUT2D eigenvalue weighted by atomic mass is 10.1. The highest BCUT2D eigenvalue weighted by Crippen LogP contribution is 2.23. The summed E-state index contributed by atoms with van der Waals surface area (Å²) in [5.74, 6) is -1.15. The van der Waals surface area contributed by atoms with Gasteiger partial charge >= 0.3 is 12.2 Å². The van der Waals surface area contributed by atoms with Crippen molar-refractivity contribution in [2.45, 2.75) is 63.8 Å². The molecule has 7 N–H and O–H groups in total. The van der Waals surface area contributed by atoms with Crippen LogP contribution in [0.1, 0.15) is 60.0 Å². The van der Waals surface area contributed by atoms with E-state index in [2.05, 4.69) is 26.6 Å². The lowest BCUT2D eigenvalue weighted by molar-refractivity contribution is -0.122. The maximum atomic E-state index is 13.3. The van der Waals surface area contributed by atoms with Crippen LogP contribution in [0, 0.1) is 0 Å². The van der Waals surface area contributed by atoms with Gasteiger partial charge in [-0.3, -0.25) is 14.4 Å². The van der Waals surface area contributed by atoms with Crippen LogP contribution >= 0.6 is 0 Å². The number of carbonyl (C=O) groups is 5. The summed E-state index contributed by atoms with van der Waals surface area (Å²) in [7, 11) is 2.88. The zero-order valence-corrected chi connectivity index (χ0v) is 29.1. The molecule has 51 heavy (non-hydrogen) atoms. The van der Waals surface area contributed by atoms with Crippen molar-refractivity contribution in [1.82, 2.24) is 21.3 Å². The van der Waals surface area contributed by atoms with Gasteiger partial charge in [0.2, 0.25) is 11.8 Å². The van der Waals surface area contributed by atoms with E-state index < -0.39 is 36.1 Å². The Bertz CT molecular complexity index is 1560. The number of amides is 5. The van der Waals surface area contributed by atoms with Gasteiger partial charge in [-0.2, -0.15) is 0 Å². The zero-order valence-electron chi connectivity index (χ0n) is 29.1. The Hall–Kier alpha value is -5.63. The van der Waals surface area contributed by atoms with E-state index in [9.17, 15) is 24.0 Å². The zero-order chi connectivity index (χ0) is 36.8. The summed E-state index contributed by atoms with van der Waals surface area (Å²) in [4.78, 5) is 62.7. The molecule has 3 rings (SSSR count). The molecule has 3 aromatic rings. The predicted octanol–water partition coefficient (Wildman–Crippen LogP) is 4.00. The minimum Gasteiger partial charge on any atom is -0.496 e. The third kappa shape index (κ3) is 14.8. The van der Waals surface area contributed by atoms with Gasteiger partial charge in [0.15, 0.2) is 0 Å². The van der Waals surface area contributed by atoms with Gasteiger partial charge in [-0.15, -0.1) is 0 Å². The summed E-state index contributed by atoms with van der Waals surface area (Å²) in [6.45, 7) is 1.04. The summed E-state index contributed by atoms with van der Waals surface area (Å²) in [5, 5.41) is 13.4. The van der Waals surface area contributed by atoms with Crippen LogP contribution in [0.5, 0.6) is 5.75 Å². The first-order chi connectivity index (χ1) is 24.7. The number of hydrogen-bond acceptors (Lipinski definition) is 9. The van der Waals surface area contributed by atoms with E-state index in [0.717, 1.165) is 11.1 Å². The summed E-state index contributed by atoms with van der Waals surface area (Å²) in [5.41, 5.74) is 8.32. The van der Waals surface area contributed by atoms with Gasteiger partial charge < -0.3 is 46.5 Å². The number of hydrogen-bond donors (Lipinski definition) is 6. The Morgan fingerprint density at radius 3 is 1.78 bits per heavy atom. The van der Waals surface area contributed by atoms with Gasteiger partial charge in [0.1, 0.15) is 25.0 Å². The molecule has 0 fully saturated rings. The SMILES string of the molecule is CNC(=O)[C@H](CCCCNC(=O)OCc1ccccc1)NC(=O)c1cc(NC(=O)[C@@H](N)CCCCNC(=O)OCc2ccccc2)ccc1OC. The van der Waals surface area contributed by atoms with Gasteiger partial charge in [-0.1, -0.05) is 60.7 Å². The molecule has 0 aliphatic rings. The molecule has 0 aliphatic carbocycles. The van der Waals surface area contributed by atoms with E-state index in [0.29, 0.717) is 57.3 Å². The fourth-order valence-corrected chi connectivity index (χ4v) is 4.90. The Kier molecular flexibility index (Phi) is 17.3. The molecular formula is C37H48N6O8. The molecule has 0 aromatic heterocycles. The number of benzene rings is 3. The number of unbranched alkanes of at least 4 members (excludes halogenated alkanes) is 2. The van der Waals surface area contributed by atoms with Crippen LogP contribution < -0.4 is 37.1 Å². The number of anilines is 1. The third-order valence-corrected chi connectivity index (χ3v) is 7.74. The van der Waals surface area contributed by atoms with Crippen molar-refractivity contribution in [2.75, 3.05) is 32.6 Å². The number of rotatable bonds is 20. The molecule has 274 valence electrons. The van der Waals surface area contributed by atoms with Gasteiger partial charge in [0.05, 0.1) is 18.7 Å². The minimum atomic E-state index is -0.857. The van der Waals surface area contributed by atoms with Crippen LogP contribution in [-0.4, -0.2) is 69.2 Å². The maximum Gasteiger partial charge on any atom is 0.407 e. The van der Waals surface area contributed by atoms with Crippen molar-refractivity contribution in [2.24, 2.45) is 5.73 Å². The summed E-state index contributed by atoms with van der Waals surface area (Å²) in [6, 6.07) is 21.6. The van der Waals surface area contributed by atoms with E-state index in [4.69, 9.17) is 19.9 Å². The Balaban J connectivity index is 1.41. The highest BCUT2D eigenvalue weighted by Gasteiger charge is 2.23. The first-order valence-electron chi connectivity index (χ1n) is 16.9. The average molecular weight is 705 g/mol. The molecule has 0 aliphatic heterocycles. The molecule has 5 amide bonds. The van der Waals surface area contributed by atoms with Gasteiger partial charge in [0, 0.05) is 25.8 Å². The Labute approximate surface area is 298 Å². The third-order valence-electron chi connectivity index (χ3n) is 7.74. The fraction of sp³-hybridized carbons (Fsp3) is 0.378. The topological polar surface area (TPSA) is 199 Å². The quantitative estimate of drug-likeness (QED) is 0.0942. The van der Waals surface area contributed by atoms with E-state index >= 15 is 0 Å². The molecule has 0 unspecified atom stereocenters. The van der Waals surface area contributed by atoms with Crippen molar-refractivity contribution in [1.29, 1.82) is 0 Å². The summed E-state index contributed by atoms with van der Waals surface area (Å²) >= 11 is 0. The van der Waals surface area contributed by atoms with Crippen molar-refractivity contribution < 1.29 is 38.2 Å². The Morgan fingerprint density at radius 2 is 1.25 bits per heavy atom. The predicted molar refractivity (Wildman–Crippen MR) is 192 cm³/mol. The monoisotopic (exact) mass is 704 g/mol. The molecule has 2 atom stereocenters. The molecule has 3 aromatic carbocycles. The largest absolute Gasteiger partial charge is 0.496 e. The molecule has 14 nitrogen and oxygen atoms in total. The standard InChI is InChI=1S/C37H48N6O8/c1-39-35(46)31(18-10-12-22-41-37(48)51-25-27-15-7-4-8-16-27)43-33(44)29-23-28(19-20-32(29)49-2)42-34(45)30(38)17-9-11-21-40-36(47)50-24-26-13-5-3-6-14-26/h3-8,13-16,19-20,23,30-31H,9-12,17-18,21-22,24-25,38H2,1-2H3,(H,39,46)(H,40,47)(H,41,48)(H,42,45)(H,43,44)/t30-,31-/m0/s1. The lowest BCUT2D eigenvalue weighted by Crippen LogP contribution is -2.45. The number of nitrogens with two attached hydrogens (primary N) is 1. The van der Waals surface area contributed by atoms with Crippen LogP contribution in [0.25, 0.3) is 0 Å². The smallest absolute Gasteiger partial charge is 0.407 e. The fourth-order valence-electron chi connectivity index (χ4n) is 4.90. The van der Waals surface area contributed by atoms with Crippen molar-refractivity contribution in [3.63, 3.8) is 0 Å². The molecule has 0 radical (unpaired) electrons. The van der Waals surface area contributed by atoms with Crippen LogP contribution in [0.4, 0.5) is 15.3 Å². The second kappa shape index (κ2) is 22.2. The lowest BCUT2D eigenvalue weighted by Gasteiger charge is -2.19. The van der Waals surface area contributed by atoms with E-state index in [1.54, 1.807) is 6.07 Å². The van der Waals surface area contributed by atoms with E-state index in [1.807, 2.05) is 60.7 Å². The van der Waals surface area contributed by atoms with Gasteiger partial charge in [-0.25, -0.2) is 9.59 Å². The van der Waals surface area contributed by atoms with Crippen LogP contribution in [0.2, 0.25) is 0 Å². The average Bonchev–Trinajstić information content (AvgIpc) is 3.15. The minimum absolute atomic E-state index is 0.117. The molecular weight excluding hydrogens is 656 g/mol. The number of likely N-dealkylation sites (N-methyl/N-ethyl adjacent to an activating group) is 1. The van der Waals surface area contributed by atoms with E-state index in [1.165, 1.54) is 26.3 Å². The summed E-state index contributed by atoms with van der Waals surface area (Å²) in [6.07, 6.45) is 1.87.